The van der Waals surface area contributed by atoms with Crippen LogP contribution in [0.3, 0.4) is 0 Å². The summed E-state index contributed by atoms with van der Waals surface area (Å²) in [5, 5.41) is 0. The van der Waals surface area contributed by atoms with Crippen molar-refractivity contribution >= 4 is 17.4 Å². The average molecular weight is 261 g/mol. The highest BCUT2D eigenvalue weighted by atomic mass is 35.5. The van der Waals surface area contributed by atoms with Gasteiger partial charge in [0.25, 0.3) is 0 Å². The van der Waals surface area contributed by atoms with Gasteiger partial charge in [-0.1, -0.05) is 29.8 Å². The molecule has 0 N–H and O–H groups in total. The number of hydrogen-bond acceptors (Lipinski definition) is 2. The molecular formula is C15H13ClO2. The van der Waals surface area contributed by atoms with E-state index < -0.39 is 0 Å². The Kier molecular flexibility index (Phi) is 4.26. The zero-order valence-corrected chi connectivity index (χ0v) is 10.7. The molecule has 18 heavy (non-hydrogen) atoms. The summed E-state index contributed by atoms with van der Waals surface area (Å²) in [7, 11) is 1.63. The summed E-state index contributed by atoms with van der Waals surface area (Å²) in [6.07, 6.45) is 0. The molecule has 2 aromatic carbocycles. The fourth-order valence-corrected chi connectivity index (χ4v) is 1.69. The summed E-state index contributed by atoms with van der Waals surface area (Å²) in [5.74, 6) is 2.15. The normalized spacial score (nSPS) is 11.1. The van der Waals surface area contributed by atoms with Gasteiger partial charge in [-0.2, -0.15) is 0 Å². The lowest BCUT2D eigenvalue weighted by Gasteiger charge is -2.09. The highest BCUT2D eigenvalue weighted by Crippen LogP contribution is 2.23. The van der Waals surface area contributed by atoms with Crippen LogP contribution >= 0.6 is 11.6 Å². The topological polar surface area (TPSA) is 18.5 Å². The van der Waals surface area contributed by atoms with E-state index in [1.54, 1.807) is 7.11 Å². The summed E-state index contributed by atoms with van der Waals surface area (Å²) in [5.41, 5.74) is 2.32. The maximum atomic E-state index is 5.81. The molecule has 0 amide bonds. The first-order chi connectivity index (χ1) is 8.83. The van der Waals surface area contributed by atoms with Gasteiger partial charge in [0.2, 0.25) is 0 Å². The standard InChI is InChI=1S/C15H13ClO2/c1-17-13-9-7-12(8-10-13)15(11-16)18-14-5-3-2-4-6-14/h2-11H,1H3/b15-11-. The molecule has 0 radical (unpaired) electrons. The van der Waals surface area contributed by atoms with Gasteiger partial charge in [0.05, 0.1) is 7.11 Å². The van der Waals surface area contributed by atoms with Crippen LogP contribution < -0.4 is 9.47 Å². The number of ether oxygens (including phenoxy) is 2. The summed E-state index contributed by atoms with van der Waals surface area (Å²) < 4.78 is 10.8. The third kappa shape index (κ3) is 3.05. The predicted molar refractivity (Wildman–Crippen MR) is 73.9 cm³/mol. The van der Waals surface area contributed by atoms with E-state index in [9.17, 15) is 0 Å². The first-order valence-electron chi connectivity index (χ1n) is 5.51. The summed E-state index contributed by atoms with van der Waals surface area (Å²) in [4.78, 5) is 0. The number of para-hydroxylation sites is 1. The zero-order chi connectivity index (χ0) is 12.8. The zero-order valence-electron chi connectivity index (χ0n) is 9.97. The monoisotopic (exact) mass is 260 g/mol. The van der Waals surface area contributed by atoms with Crippen LogP contribution in [0.2, 0.25) is 0 Å². The van der Waals surface area contributed by atoms with Gasteiger partial charge < -0.3 is 9.47 Å². The van der Waals surface area contributed by atoms with Crippen molar-refractivity contribution in [3.8, 4) is 11.5 Å². The van der Waals surface area contributed by atoms with E-state index in [4.69, 9.17) is 21.1 Å². The van der Waals surface area contributed by atoms with Crippen molar-refractivity contribution in [1.29, 1.82) is 0 Å². The van der Waals surface area contributed by atoms with Crippen molar-refractivity contribution in [3.05, 3.63) is 65.7 Å². The predicted octanol–water partition coefficient (Wildman–Crippen LogP) is 4.31. The second-order valence-electron chi connectivity index (χ2n) is 3.62. The third-order valence-electron chi connectivity index (χ3n) is 2.44. The maximum Gasteiger partial charge on any atom is 0.145 e. The van der Waals surface area contributed by atoms with Crippen LogP contribution in [0.1, 0.15) is 5.56 Å². The van der Waals surface area contributed by atoms with E-state index in [1.165, 1.54) is 5.54 Å². The Morgan fingerprint density at radius 1 is 0.944 bits per heavy atom. The molecule has 0 aliphatic rings. The van der Waals surface area contributed by atoms with E-state index in [-0.39, 0.29) is 0 Å². The molecule has 2 rings (SSSR count). The molecule has 0 aliphatic heterocycles. The van der Waals surface area contributed by atoms with Gasteiger partial charge >= 0.3 is 0 Å². The van der Waals surface area contributed by atoms with Crippen LogP contribution in [0.15, 0.2) is 60.1 Å². The minimum Gasteiger partial charge on any atom is -0.497 e. The summed E-state index contributed by atoms with van der Waals surface area (Å²) >= 11 is 5.81. The van der Waals surface area contributed by atoms with Crippen molar-refractivity contribution in [2.45, 2.75) is 0 Å². The number of methoxy groups -OCH3 is 1. The molecule has 0 atom stereocenters. The van der Waals surface area contributed by atoms with Crippen molar-refractivity contribution in [2.75, 3.05) is 7.11 Å². The fourth-order valence-electron chi connectivity index (χ4n) is 1.51. The van der Waals surface area contributed by atoms with Crippen molar-refractivity contribution in [2.24, 2.45) is 0 Å². The molecule has 0 aromatic heterocycles. The average Bonchev–Trinajstić information content (AvgIpc) is 2.46. The first kappa shape index (κ1) is 12.5. The number of rotatable bonds is 4. The molecule has 0 fully saturated rings. The number of hydrogen-bond donors (Lipinski definition) is 0. The molecular weight excluding hydrogens is 248 g/mol. The summed E-state index contributed by atoms with van der Waals surface area (Å²) in [6.45, 7) is 0. The first-order valence-corrected chi connectivity index (χ1v) is 5.95. The van der Waals surface area contributed by atoms with Crippen molar-refractivity contribution in [3.63, 3.8) is 0 Å². The Bertz CT molecular complexity index is 518. The fraction of sp³-hybridized carbons (Fsp3) is 0.0667. The van der Waals surface area contributed by atoms with E-state index in [0.717, 1.165) is 17.1 Å². The SMILES string of the molecule is COc1ccc(/C(=C/Cl)Oc2ccccc2)cc1. The van der Waals surface area contributed by atoms with E-state index in [1.807, 2.05) is 54.6 Å². The molecule has 0 aliphatic carbocycles. The molecule has 0 saturated heterocycles. The van der Waals surface area contributed by atoms with E-state index in [0.29, 0.717) is 5.76 Å². The Hall–Kier alpha value is -1.93. The molecule has 0 unspecified atom stereocenters. The Morgan fingerprint density at radius 2 is 1.61 bits per heavy atom. The maximum absolute atomic E-state index is 5.81. The van der Waals surface area contributed by atoms with Gasteiger partial charge in [-0.25, -0.2) is 0 Å². The lowest BCUT2D eigenvalue weighted by atomic mass is 10.2. The van der Waals surface area contributed by atoms with Gasteiger partial charge in [0, 0.05) is 11.1 Å². The quantitative estimate of drug-likeness (QED) is 0.763. The van der Waals surface area contributed by atoms with Crippen LogP contribution in [-0.2, 0) is 0 Å². The van der Waals surface area contributed by atoms with Crippen LogP contribution in [-0.4, -0.2) is 7.11 Å². The molecule has 0 bridgehead atoms. The minimum absolute atomic E-state index is 0.602. The molecule has 0 spiro atoms. The van der Waals surface area contributed by atoms with Crippen molar-refractivity contribution in [1.82, 2.24) is 0 Å². The number of benzene rings is 2. The van der Waals surface area contributed by atoms with Crippen LogP contribution in [0.4, 0.5) is 0 Å². The lowest BCUT2D eigenvalue weighted by Crippen LogP contribution is -1.94. The largest absolute Gasteiger partial charge is 0.497 e. The second kappa shape index (κ2) is 6.12. The van der Waals surface area contributed by atoms with Crippen LogP contribution in [0.25, 0.3) is 5.76 Å². The van der Waals surface area contributed by atoms with Gasteiger partial charge in [-0.05, 0) is 36.4 Å². The molecule has 0 heterocycles. The van der Waals surface area contributed by atoms with Crippen LogP contribution in [0.5, 0.6) is 11.5 Å². The van der Waals surface area contributed by atoms with E-state index >= 15 is 0 Å². The van der Waals surface area contributed by atoms with Gasteiger partial charge in [0.1, 0.15) is 17.3 Å². The van der Waals surface area contributed by atoms with Gasteiger partial charge in [-0.3, -0.25) is 0 Å². The Balaban J connectivity index is 2.18. The molecule has 3 heteroatoms. The van der Waals surface area contributed by atoms with Crippen LogP contribution in [0, 0.1) is 0 Å². The molecule has 2 nitrogen and oxygen atoms in total. The van der Waals surface area contributed by atoms with Gasteiger partial charge in [0.15, 0.2) is 0 Å². The lowest BCUT2D eigenvalue weighted by molar-refractivity contribution is 0.414. The number of halogens is 1. The molecule has 2 aromatic rings. The summed E-state index contributed by atoms with van der Waals surface area (Å²) in [6, 6.07) is 17.0. The Labute approximate surface area is 111 Å². The van der Waals surface area contributed by atoms with E-state index in [2.05, 4.69) is 0 Å². The smallest absolute Gasteiger partial charge is 0.145 e. The Morgan fingerprint density at radius 3 is 2.17 bits per heavy atom. The molecule has 0 saturated carbocycles. The van der Waals surface area contributed by atoms with Gasteiger partial charge in [-0.15, -0.1) is 0 Å². The molecule has 92 valence electrons. The van der Waals surface area contributed by atoms with Crippen molar-refractivity contribution < 1.29 is 9.47 Å². The highest BCUT2D eigenvalue weighted by molar-refractivity contribution is 6.27. The highest BCUT2D eigenvalue weighted by Gasteiger charge is 2.04. The minimum atomic E-state index is 0.602. The second-order valence-corrected chi connectivity index (χ2v) is 3.84. The third-order valence-corrected chi connectivity index (χ3v) is 2.64.